The highest BCUT2D eigenvalue weighted by atomic mass is 35.5. The minimum absolute atomic E-state index is 0.000299. The molecule has 5 nitrogen and oxygen atoms in total. The van der Waals surface area contributed by atoms with Crippen molar-refractivity contribution in [1.82, 2.24) is 14.5 Å². The number of hydrogen-bond donors (Lipinski definition) is 0. The molecule has 0 atom stereocenters. The van der Waals surface area contributed by atoms with Gasteiger partial charge in [-0.15, -0.1) is 11.3 Å². The minimum Gasteiger partial charge on any atom is -0.341 e. The Balaban J connectivity index is 1.81. The lowest BCUT2D eigenvalue weighted by molar-refractivity contribution is -0.130. The van der Waals surface area contributed by atoms with E-state index in [4.69, 9.17) is 11.6 Å². The maximum absolute atomic E-state index is 13.5. The van der Waals surface area contributed by atoms with Crippen molar-refractivity contribution < 1.29 is 9.18 Å². The van der Waals surface area contributed by atoms with Crippen LogP contribution < -0.4 is 5.56 Å². The fraction of sp³-hybridized carbons (Fsp3) is 0.316. The molecule has 3 heterocycles. The molecule has 4 rings (SSSR count). The summed E-state index contributed by atoms with van der Waals surface area (Å²) >= 11 is 7.32. The van der Waals surface area contributed by atoms with Crippen molar-refractivity contribution in [2.75, 3.05) is 13.1 Å². The van der Waals surface area contributed by atoms with Crippen molar-refractivity contribution in [2.45, 2.75) is 26.3 Å². The maximum atomic E-state index is 13.5. The zero-order valence-corrected chi connectivity index (χ0v) is 16.2. The summed E-state index contributed by atoms with van der Waals surface area (Å²) in [5, 5.41) is 0.441. The molecule has 1 saturated heterocycles. The number of hydrogen-bond acceptors (Lipinski definition) is 4. The molecule has 0 aliphatic carbocycles. The number of rotatable bonds is 3. The average Bonchev–Trinajstić information content (AvgIpc) is 3.28. The summed E-state index contributed by atoms with van der Waals surface area (Å²) in [6, 6.07) is 4.39. The monoisotopic (exact) mass is 405 g/mol. The lowest BCUT2D eigenvalue weighted by Crippen LogP contribution is -2.34. The second kappa shape index (κ2) is 7.05. The number of likely N-dealkylation sites (tertiary alicyclic amines) is 1. The van der Waals surface area contributed by atoms with Gasteiger partial charge in [-0.2, -0.15) is 0 Å². The van der Waals surface area contributed by atoms with Gasteiger partial charge in [-0.05, 0) is 37.5 Å². The van der Waals surface area contributed by atoms with Crippen LogP contribution in [0.3, 0.4) is 0 Å². The highest BCUT2D eigenvalue weighted by Gasteiger charge is 2.21. The van der Waals surface area contributed by atoms with Crippen molar-refractivity contribution in [1.29, 1.82) is 0 Å². The second-order valence-electron chi connectivity index (χ2n) is 6.61. The normalized spacial score (nSPS) is 14.3. The minimum atomic E-state index is -0.510. The molecule has 1 aliphatic rings. The number of aryl methyl sites for hydroxylation is 1. The van der Waals surface area contributed by atoms with Gasteiger partial charge in [0.15, 0.2) is 0 Å². The summed E-state index contributed by atoms with van der Waals surface area (Å²) in [6.45, 7) is 3.33. The molecule has 0 bridgehead atoms. The van der Waals surface area contributed by atoms with Gasteiger partial charge in [0.1, 0.15) is 17.2 Å². The Morgan fingerprint density at radius 3 is 2.78 bits per heavy atom. The van der Waals surface area contributed by atoms with Gasteiger partial charge in [0, 0.05) is 23.5 Å². The van der Waals surface area contributed by atoms with Crippen LogP contribution in [0.4, 0.5) is 4.39 Å². The number of carbonyl (C=O) groups is 1. The van der Waals surface area contributed by atoms with Gasteiger partial charge < -0.3 is 4.90 Å². The summed E-state index contributed by atoms with van der Waals surface area (Å²) in [4.78, 5) is 33.1. The lowest BCUT2D eigenvalue weighted by Gasteiger charge is -2.15. The predicted octanol–water partition coefficient (Wildman–Crippen LogP) is 3.85. The van der Waals surface area contributed by atoms with Crippen LogP contribution in [0.1, 0.15) is 17.7 Å². The van der Waals surface area contributed by atoms with E-state index in [2.05, 4.69) is 4.98 Å². The van der Waals surface area contributed by atoms with Gasteiger partial charge >= 0.3 is 0 Å². The lowest BCUT2D eigenvalue weighted by atomic mass is 10.0. The van der Waals surface area contributed by atoms with E-state index in [0.29, 0.717) is 21.3 Å². The summed E-state index contributed by atoms with van der Waals surface area (Å²) in [5.41, 5.74) is 1.08. The molecular weight excluding hydrogens is 389 g/mol. The molecule has 0 saturated carbocycles. The Bertz CT molecular complexity index is 1100. The largest absolute Gasteiger partial charge is 0.341 e. The SMILES string of the molecule is Cc1sc2ncn(CC(=O)N3CCCC3)c(=O)c2c1-c1ccc(F)c(Cl)c1. The molecule has 140 valence electrons. The van der Waals surface area contributed by atoms with Gasteiger partial charge in [-0.25, -0.2) is 9.37 Å². The molecule has 27 heavy (non-hydrogen) atoms. The molecule has 0 spiro atoms. The van der Waals surface area contributed by atoms with Gasteiger partial charge in [0.25, 0.3) is 5.56 Å². The molecule has 1 amide bonds. The molecule has 8 heteroatoms. The number of amides is 1. The Morgan fingerprint density at radius 1 is 1.33 bits per heavy atom. The first kappa shape index (κ1) is 18.1. The number of benzene rings is 1. The summed E-state index contributed by atoms with van der Waals surface area (Å²) in [6.07, 6.45) is 3.42. The Kier molecular flexibility index (Phi) is 4.74. The van der Waals surface area contributed by atoms with Crippen LogP contribution in [-0.2, 0) is 11.3 Å². The van der Waals surface area contributed by atoms with Crippen LogP contribution in [-0.4, -0.2) is 33.4 Å². The first-order valence-corrected chi connectivity index (χ1v) is 9.87. The first-order valence-electron chi connectivity index (χ1n) is 8.67. The van der Waals surface area contributed by atoms with Gasteiger partial charge in [-0.3, -0.25) is 14.2 Å². The van der Waals surface area contributed by atoms with Crippen molar-refractivity contribution in [3.05, 3.63) is 50.6 Å². The number of nitrogens with zero attached hydrogens (tertiary/aromatic N) is 3. The predicted molar refractivity (Wildman–Crippen MR) is 105 cm³/mol. The average molecular weight is 406 g/mol. The van der Waals surface area contributed by atoms with E-state index in [1.807, 2.05) is 6.92 Å². The third-order valence-corrected chi connectivity index (χ3v) is 6.13. The van der Waals surface area contributed by atoms with E-state index in [1.165, 1.54) is 34.4 Å². The number of carbonyl (C=O) groups excluding carboxylic acids is 1. The van der Waals surface area contributed by atoms with Gasteiger partial charge in [0.05, 0.1) is 16.7 Å². The van der Waals surface area contributed by atoms with Crippen molar-refractivity contribution in [3.8, 4) is 11.1 Å². The highest BCUT2D eigenvalue weighted by molar-refractivity contribution is 7.19. The third kappa shape index (κ3) is 3.26. The van der Waals surface area contributed by atoms with E-state index >= 15 is 0 Å². The second-order valence-corrected chi connectivity index (χ2v) is 8.22. The standard InChI is InChI=1S/C19H17ClFN3O2S/c1-11-16(12-4-5-14(21)13(20)8-12)17-18(27-11)22-10-24(19(17)26)9-15(25)23-6-2-3-7-23/h4-5,8,10H,2-3,6-7,9H2,1H3. The third-order valence-electron chi connectivity index (χ3n) is 4.83. The van der Waals surface area contributed by atoms with E-state index in [0.717, 1.165) is 30.8 Å². The molecule has 3 aromatic rings. The molecule has 0 unspecified atom stereocenters. The Morgan fingerprint density at radius 2 is 2.07 bits per heavy atom. The Labute approximate surface area is 164 Å². The molecule has 0 radical (unpaired) electrons. The van der Waals surface area contributed by atoms with E-state index < -0.39 is 5.82 Å². The fourth-order valence-corrected chi connectivity index (χ4v) is 4.65. The zero-order valence-electron chi connectivity index (χ0n) is 14.7. The molecular formula is C19H17ClFN3O2S. The van der Waals surface area contributed by atoms with Crippen molar-refractivity contribution >= 4 is 39.1 Å². The van der Waals surface area contributed by atoms with E-state index in [9.17, 15) is 14.0 Å². The Hall–Kier alpha value is -2.25. The highest BCUT2D eigenvalue weighted by Crippen LogP contribution is 2.36. The maximum Gasteiger partial charge on any atom is 0.263 e. The van der Waals surface area contributed by atoms with Crippen molar-refractivity contribution in [3.63, 3.8) is 0 Å². The fourth-order valence-electron chi connectivity index (χ4n) is 3.46. The summed E-state index contributed by atoms with van der Waals surface area (Å²) in [7, 11) is 0. The van der Waals surface area contributed by atoms with E-state index in [1.54, 1.807) is 11.0 Å². The first-order chi connectivity index (χ1) is 13.0. The number of halogens is 2. The number of thiophene rings is 1. The molecule has 1 aliphatic heterocycles. The van der Waals surface area contributed by atoms with Gasteiger partial charge in [-0.1, -0.05) is 17.7 Å². The van der Waals surface area contributed by atoms with Crippen LogP contribution in [0.25, 0.3) is 21.3 Å². The van der Waals surface area contributed by atoms with Gasteiger partial charge in [0.2, 0.25) is 5.91 Å². The zero-order chi connectivity index (χ0) is 19.1. The molecule has 1 aromatic carbocycles. The summed E-state index contributed by atoms with van der Waals surface area (Å²) in [5.74, 6) is -0.585. The quantitative estimate of drug-likeness (QED) is 0.665. The molecule has 0 N–H and O–H groups in total. The molecule has 2 aromatic heterocycles. The molecule has 1 fully saturated rings. The summed E-state index contributed by atoms with van der Waals surface area (Å²) < 4.78 is 14.9. The van der Waals surface area contributed by atoms with Crippen LogP contribution in [0.15, 0.2) is 29.3 Å². The number of fused-ring (bicyclic) bond motifs is 1. The topological polar surface area (TPSA) is 55.2 Å². The smallest absolute Gasteiger partial charge is 0.263 e. The van der Waals surface area contributed by atoms with E-state index in [-0.39, 0.29) is 23.0 Å². The van der Waals surface area contributed by atoms with Crippen LogP contribution in [0.5, 0.6) is 0 Å². The number of aromatic nitrogens is 2. The van der Waals surface area contributed by atoms with Crippen LogP contribution in [0, 0.1) is 12.7 Å². The van der Waals surface area contributed by atoms with Crippen LogP contribution in [0.2, 0.25) is 5.02 Å². The van der Waals surface area contributed by atoms with Crippen molar-refractivity contribution in [2.24, 2.45) is 0 Å². The van der Waals surface area contributed by atoms with Crippen LogP contribution >= 0.6 is 22.9 Å².